The predicted molar refractivity (Wildman–Crippen MR) is 69.1 cm³/mol. The lowest BCUT2D eigenvalue weighted by atomic mass is 10.0. The van der Waals surface area contributed by atoms with E-state index in [1.165, 1.54) is 0 Å². The van der Waals surface area contributed by atoms with E-state index in [4.69, 9.17) is 11.6 Å². The fraction of sp³-hybridized carbons (Fsp3) is 0.214. The number of aliphatic hydroxyl groups is 1. The number of halogens is 1. The zero-order valence-electron chi connectivity index (χ0n) is 9.60. The fourth-order valence-corrected chi connectivity index (χ4v) is 1.94. The third kappa shape index (κ3) is 3.29. The molecule has 0 saturated heterocycles. The van der Waals surface area contributed by atoms with Gasteiger partial charge in [-0.15, -0.1) is 0 Å². The molecule has 2 aromatic rings. The van der Waals surface area contributed by atoms with Crippen molar-refractivity contribution in [2.45, 2.75) is 19.4 Å². The van der Waals surface area contributed by atoms with E-state index in [1.54, 1.807) is 12.1 Å². The molecular formula is C14H14ClNO. The lowest BCUT2D eigenvalue weighted by molar-refractivity contribution is 0.177. The second-order valence-electron chi connectivity index (χ2n) is 4.05. The summed E-state index contributed by atoms with van der Waals surface area (Å²) >= 11 is 5.89. The highest BCUT2D eigenvalue weighted by molar-refractivity contribution is 6.30. The van der Waals surface area contributed by atoms with Crippen LogP contribution in [0.4, 0.5) is 0 Å². The summed E-state index contributed by atoms with van der Waals surface area (Å²) in [4.78, 5) is 4.37. The smallest absolute Gasteiger partial charge is 0.0845 e. The molecule has 17 heavy (non-hydrogen) atoms. The van der Waals surface area contributed by atoms with Crippen LogP contribution in [0.5, 0.6) is 0 Å². The van der Waals surface area contributed by atoms with Gasteiger partial charge >= 0.3 is 0 Å². The summed E-state index contributed by atoms with van der Waals surface area (Å²) < 4.78 is 0. The van der Waals surface area contributed by atoms with E-state index >= 15 is 0 Å². The van der Waals surface area contributed by atoms with Crippen LogP contribution in [-0.4, -0.2) is 10.1 Å². The normalized spacial score (nSPS) is 12.4. The first-order chi connectivity index (χ1) is 8.15. The molecule has 2 nitrogen and oxygen atoms in total. The number of aliphatic hydroxyl groups excluding tert-OH is 1. The summed E-state index contributed by atoms with van der Waals surface area (Å²) in [5, 5.41) is 10.7. The van der Waals surface area contributed by atoms with Gasteiger partial charge in [-0.25, -0.2) is 0 Å². The highest BCUT2D eigenvalue weighted by Crippen LogP contribution is 2.20. The Morgan fingerprint density at radius 3 is 2.71 bits per heavy atom. The molecule has 0 bridgehead atoms. The van der Waals surface area contributed by atoms with Crippen LogP contribution in [0.15, 0.2) is 42.5 Å². The number of pyridine rings is 1. The number of hydrogen-bond donors (Lipinski definition) is 1. The third-order valence-electron chi connectivity index (χ3n) is 2.58. The van der Waals surface area contributed by atoms with Gasteiger partial charge < -0.3 is 5.11 Å². The maximum Gasteiger partial charge on any atom is 0.0845 e. The molecule has 0 amide bonds. The van der Waals surface area contributed by atoms with E-state index in [1.807, 2.05) is 37.3 Å². The lowest BCUT2D eigenvalue weighted by Gasteiger charge is -2.11. The average Bonchev–Trinajstić information content (AvgIpc) is 2.29. The SMILES string of the molecule is Cc1cccc(CC(O)c2cccc(Cl)c2)n1. The van der Waals surface area contributed by atoms with Crippen molar-refractivity contribution in [3.63, 3.8) is 0 Å². The van der Waals surface area contributed by atoms with Gasteiger partial charge in [-0.1, -0.05) is 29.8 Å². The van der Waals surface area contributed by atoms with Crippen LogP contribution in [-0.2, 0) is 6.42 Å². The molecule has 88 valence electrons. The molecule has 0 aliphatic rings. The number of nitrogens with zero attached hydrogens (tertiary/aromatic N) is 1. The second kappa shape index (κ2) is 5.30. The minimum Gasteiger partial charge on any atom is -0.388 e. The monoisotopic (exact) mass is 247 g/mol. The van der Waals surface area contributed by atoms with E-state index < -0.39 is 6.10 Å². The molecule has 0 saturated carbocycles. The maximum absolute atomic E-state index is 10.1. The maximum atomic E-state index is 10.1. The van der Waals surface area contributed by atoms with Crippen LogP contribution in [0.25, 0.3) is 0 Å². The summed E-state index contributed by atoms with van der Waals surface area (Å²) in [7, 11) is 0. The Hall–Kier alpha value is -1.38. The van der Waals surface area contributed by atoms with Gasteiger partial charge in [0.2, 0.25) is 0 Å². The molecule has 0 spiro atoms. The first-order valence-corrected chi connectivity index (χ1v) is 5.89. The van der Waals surface area contributed by atoms with Gasteiger partial charge in [0.15, 0.2) is 0 Å². The largest absolute Gasteiger partial charge is 0.388 e. The predicted octanol–water partition coefficient (Wildman–Crippen LogP) is 3.32. The second-order valence-corrected chi connectivity index (χ2v) is 4.48. The van der Waals surface area contributed by atoms with Crippen molar-refractivity contribution in [3.8, 4) is 0 Å². The van der Waals surface area contributed by atoms with E-state index in [9.17, 15) is 5.11 Å². The van der Waals surface area contributed by atoms with Gasteiger partial charge in [0.05, 0.1) is 6.10 Å². The molecule has 0 aliphatic carbocycles. The van der Waals surface area contributed by atoms with Gasteiger partial charge in [0.25, 0.3) is 0 Å². The van der Waals surface area contributed by atoms with Crippen LogP contribution in [0.2, 0.25) is 5.02 Å². The highest BCUT2D eigenvalue weighted by atomic mass is 35.5. The summed E-state index contributed by atoms with van der Waals surface area (Å²) in [6.45, 7) is 1.94. The molecule has 2 rings (SSSR count). The van der Waals surface area contributed by atoms with E-state index in [2.05, 4.69) is 4.98 Å². The van der Waals surface area contributed by atoms with Gasteiger partial charge in [-0.05, 0) is 36.8 Å². The molecule has 1 heterocycles. The highest BCUT2D eigenvalue weighted by Gasteiger charge is 2.09. The molecule has 0 aliphatic heterocycles. The molecule has 0 radical (unpaired) electrons. The van der Waals surface area contributed by atoms with Crippen molar-refractivity contribution in [1.29, 1.82) is 0 Å². The standard InChI is InChI=1S/C14H14ClNO/c1-10-4-2-7-13(16-10)9-14(17)11-5-3-6-12(15)8-11/h2-8,14,17H,9H2,1H3. The molecule has 1 N–H and O–H groups in total. The first-order valence-electron chi connectivity index (χ1n) is 5.51. The molecule has 0 fully saturated rings. The summed E-state index contributed by atoms with van der Waals surface area (Å²) in [6.07, 6.45) is -0.0647. The molecule has 1 aromatic heterocycles. The third-order valence-corrected chi connectivity index (χ3v) is 2.82. The summed E-state index contributed by atoms with van der Waals surface area (Å²) in [6, 6.07) is 13.1. The zero-order chi connectivity index (χ0) is 12.3. The van der Waals surface area contributed by atoms with E-state index in [0.717, 1.165) is 17.0 Å². The molecule has 1 atom stereocenters. The van der Waals surface area contributed by atoms with Crippen LogP contribution in [0.3, 0.4) is 0 Å². The average molecular weight is 248 g/mol. The molecular weight excluding hydrogens is 234 g/mol. The minimum absolute atomic E-state index is 0.502. The van der Waals surface area contributed by atoms with Crippen molar-refractivity contribution in [2.24, 2.45) is 0 Å². The minimum atomic E-state index is -0.567. The summed E-state index contributed by atoms with van der Waals surface area (Å²) in [5.74, 6) is 0. The Labute approximate surface area is 106 Å². The van der Waals surface area contributed by atoms with Crippen LogP contribution < -0.4 is 0 Å². The van der Waals surface area contributed by atoms with Gasteiger partial charge in [-0.3, -0.25) is 4.98 Å². The number of aryl methyl sites for hydroxylation is 1. The van der Waals surface area contributed by atoms with Crippen LogP contribution in [0.1, 0.15) is 23.1 Å². The Morgan fingerprint density at radius 2 is 2.00 bits per heavy atom. The fourth-order valence-electron chi connectivity index (χ4n) is 1.74. The van der Waals surface area contributed by atoms with Crippen LogP contribution >= 0.6 is 11.6 Å². The van der Waals surface area contributed by atoms with E-state index in [0.29, 0.717) is 11.4 Å². The zero-order valence-corrected chi connectivity index (χ0v) is 10.4. The lowest BCUT2D eigenvalue weighted by Crippen LogP contribution is -2.03. The Balaban J connectivity index is 2.14. The number of aromatic nitrogens is 1. The molecule has 1 aromatic carbocycles. The van der Waals surface area contributed by atoms with Crippen molar-refractivity contribution in [2.75, 3.05) is 0 Å². The van der Waals surface area contributed by atoms with E-state index in [-0.39, 0.29) is 0 Å². The van der Waals surface area contributed by atoms with Crippen LogP contribution in [0, 0.1) is 6.92 Å². The Kier molecular flexibility index (Phi) is 3.77. The van der Waals surface area contributed by atoms with Gasteiger partial charge in [-0.2, -0.15) is 0 Å². The Morgan fingerprint density at radius 1 is 1.24 bits per heavy atom. The first kappa shape index (κ1) is 12.1. The molecule has 1 unspecified atom stereocenters. The quantitative estimate of drug-likeness (QED) is 0.903. The topological polar surface area (TPSA) is 33.1 Å². The van der Waals surface area contributed by atoms with Gasteiger partial charge in [0, 0.05) is 22.8 Å². The van der Waals surface area contributed by atoms with Gasteiger partial charge in [0.1, 0.15) is 0 Å². The van der Waals surface area contributed by atoms with Crippen molar-refractivity contribution in [1.82, 2.24) is 4.98 Å². The number of hydrogen-bond acceptors (Lipinski definition) is 2. The Bertz CT molecular complexity index is 513. The molecule has 3 heteroatoms. The van der Waals surface area contributed by atoms with Crippen molar-refractivity contribution in [3.05, 3.63) is 64.4 Å². The number of rotatable bonds is 3. The van der Waals surface area contributed by atoms with Crippen molar-refractivity contribution < 1.29 is 5.11 Å². The number of benzene rings is 1. The summed E-state index contributed by atoms with van der Waals surface area (Å²) in [5.41, 5.74) is 2.67. The van der Waals surface area contributed by atoms with Crippen molar-refractivity contribution >= 4 is 11.6 Å².